The van der Waals surface area contributed by atoms with E-state index in [0.717, 1.165) is 4.31 Å². The molecule has 2 rings (SSSR count). The van der Waals surface area contributed by atoms with Gasteiger partial charge in [-0.2, -0.15) is 0 Å². The molecule has 140 valence electrons. The van der Waals surface area contributed by atoms with Gasteiger partial charge in [0.25, 0.3) is 5.91 Å². The molecule has 26 heavy (non-hydrogen) atoms. The zero-order chi connectivity index (χ0) is 19.2. The highest BCUT2D eigenvalue weighted by Crippen LogP contribution is 2.25. The van der Waals surface area contributed by atoms with E-state index in [0.29, 0.717) is 17.1 Å². The van der Waals surface area contributed by atoms with Crippen molar-refractivity contribution in [2.75, 3.05) is 27.8 Å². The SMILES string of the molecule is COc1ccccc1OCC(=O)NCc1ccccc1S(=O)(=O)N(C)C. The van der Waals surface area contributed by atoms with Crippen molar-refractivity contribution in [2.24, 2.45) is 0 Å². The van der Waals surface area contributed by atoms with E-state index < -0.39 is 10.0 Å². The summed E-state index contributed by atoms with van der Waals surface area (Å²) in [6.45, 7) is -0.125. The van der Waals surface area contributed by atoms with Crippen LogP contribution in [0.15, 0.2) is 53.4 Å². The molecule has 7 nitrogen and oxygen atoms in total. The monoisotopic (exact) mass is 378 g/mol. The van der Waals surface area contributed by atoms with Crippen molar-refractivity contribution >= 4 is 15.9 Å². The van der Waals surface area contributed by atoms with Crippen LogP contribution in [-0.2, 0) is 21.4 Å². The molecule has 2 aromatic carbocycles. The van der Waals surface area contributed by atoms with Gasteiger partial charge in [-0.25, -0.2) is 12.7 Å². The van der Waals surface area contributed by atoms with Crippen molar-refractivity contribution in [3.05, 3.63) is 54.1 Å². The number of sulfonamides is 1. The Morgan fingerprint density at radius 2 is 1.65 bits per heavy atom. The highest BCUT2D eigenvalue weighted by Gasteiger charge is 2.20. The van der Waals surface area contributed by atoms with Crippen LogP contribution in [0.25, 0.3) is 0 Å². The second-order valence-electron chi connectivity index (χ2n) is 5.61. The second kappa shape index (κ2) is 8.68. The van der Waals surface area contributed by atoms with E-state index in [2.05, 4.69) is 5.32 Å². The van der Waals surface area contributed by atoms with E-state index >= 15 is 0 Å². The van der Waals surface area contributed by atoms with Crippen LogP contribution < -0.4 is 14.8 Å². The molecule has 0 aromatic heterocycles. The number of benzene rings is 2. The van der Waals surface area contributed by atoms with Crippen molar-refractivity contribution < 1.29 is 22.7 Å². The molecule has 0 atom stereocenters. The molecule has 0 bridgehead atoms. The molecule has 0 aliphatic rings. The molecule has 0 radical (unpaired) electrons. The summed E-state index contributed by atoms with van der Waals surface area (Å²) in [7, 11) is 0.861. The van der Waals surface area contributed by atoms with Crippen molar-refractivity contribution in [2.45, 2.75) is 11.4 Å². The average molecular weight is 378 g/mol. The summed E-state index contributed by atoms with van der Waals surface area (Å²) in [6.07, 6.45) is 0. The van der Waals surface area contributed by atoms with Gasteiger partial charge in [-0.1, -0.05) is 30.3 Å². The van der Waals surface area contributed by atoms with E-state index in [1.807, 2.05) is 0 Å². The number of carbonyl (C=O) groups excluding carboxylic acids is 1. The Balaban J connectivity index is 2.00. The lowest BCUT2D eigenvalue weighted by Crippen LogP contribution is -2.30. The lowest BCUT2D eigenvalue weighted by atomic mass is 10.2. The number of carbonyl (C=O) groups is 1. The van der Waals surface area contributed by atoms with Gasteiger partial charge in [-0.05, 0) is 23.8 Å². The molecular weight excluding hydrogens is 356 g/mol. The van der Waals surface area contributed by atoms with Crippen LogP contribution in [0, 0.1) is 0 Å². The molecule has 2 aromatic rings. The number of methoxy groups -OCH3 is 1. The van der Waals surface area contributed by atoms with E-state index in [4.69, 9.17) is 9.47 Å². The molecule has 1 N–H and O–H groups in total. The zero-order valence-electron chi connectivity index (χ0n) is 14.9. The molecule has 0 heterocycles. The van der Waals surface area contributed by atoms with Gasteiger partial charge in [0.1, 0.15) is 0 Å². The largest absolute Gasteiger partial charge is 0.493 e. The number of nitrogens with one attached hydrogen (secondary N) is 1. The van der Waals surface area contributed by atoms with Gasteiger partial charge in [0, 0.05) is 20.6 Å². The first-order valence-electron chi connectivity index (χ1n) is 7.89. The quantitative estimate of drug-likeness (QED) is 0.755. The first kappa shape index (κ1) is 19.7. The van der Waals surface area contributed by atoms with Crippen LogP contribution in [0.3, 0.4) is 0 Å². The third-order valence-electron chi connectivity index (χ3n) is 3.64. The van der Waals surface area contributed by atoms with Crippen molar-refractivity contribution in [1.82, 2.24) is 9.62 Å². The normalized spacial score (nSPS) is 11.2. The van der Waals surface area contributed by atoms with Crippen molar-refractivity contribution in [1.29, 1.82) is 0 Å². The maximum Gasteiger partial charge on any atom is 0.258 e. The summed E-state index contributed by atoms with van der Waals surface area (Å²) in [5.41, 5.74) is 0.506. The van der Waals surface area contributed by atoms with Gasteiger partial charge < -0.3 is 14.8 Å². The Hall–Kier alpha value is -2.58. The molecule has 8 heteroatoms. The molecule has 0 spiro atoms. The minimum Gasteiger partial charge on any atom is -0.493 e. The lowest BCUT2D eigenvalue weighted by Gasteiger charge is -2.15. The summed E-state index contributed by atoms with van der Waals surface area (Å²) >= 11 is 0. The summed E-state index contributed by atoms with van der Waals surface area (Å²) in [5.74, 6) is 0.622. The lowest BCUT2D eigenvalue weighted by molar-refractivity contribution is -0.123. The fourth-order valence-corrected chi connectivity index (χ4v) is 3.34. The van der Waals surface area contributed by atoms with Gasteiger partial charge in [0.15, 0.2) is 18.1 Å². The molecule has 0 unspecified atom stereocenters. The summed E-state index contributed by atoms with van der Waals surface area (Å²) in [5, 5.41) is 2.67. The van der Waals surface area contributed by atoms with Gasteiger partial charge in [0.05, 0.1) is 12.0 Å². The Kier molecular flexibility index (Phi) is 6.59. The maximum absolute atomic E-state index is 12.4. The van der Waals surface area contributed by atoms with Crippen LogP contribution >= 0.6 is 0 Å². The van der Waals surface area contributed by atoms with Crippen LogP contribution in [0.1, 0.15) is 5.56 Å². The Bertz CT molecular complexity index is 865. The van der Waals surface area contributed by atoms with E-state index in [1.54, 1.807) is 42.5 Å². The number of para-hydroxylation sites is 2. The molecule has 0 aliphatic heterocycles. The predicted octanol–water partition coefficient (Wildman–Crippen LogP) is 1.64. The average Bonchev–Trinajstić information content (AvgIpc) is 2.64. The number of ether oxygens (including phenoxy) is 2. The molecule has 0 fully saturated rings. The van der Waals surface area contributed by atoms with Crippen molar-refractivity contribution in [3.63, 3.8) is 0 Å². The third-order valence-corrected chi connectivity index (χ3v) is 5.55. The summed E-state index contributed by atoms with van der Waals surface area (Å²) in [6, 6.07) is 13.6. The second-order valence-corrected chi connectivity index (χ2v) is 7.73. The number of amides is 1. The first-order valence-corrected chi connectivity index (χ1v) is 9.33. The van der Waals surface area contributed by atoms with Crippen LogP contribution in [0.5, 0.6) is 11.5 Å². The van der Waals surface area contributed by atoms with Gasteiger partial charge in [-0.3, -0.25) is 4.79 Å². The molecule has 0 aliphatic carbocycles. The first-order chi connectivity index (χ1) is 12.4. The summed E-state index contributed by atoms with van der Waals surface area (Å²) in [4.78, 5) is 12.2. The fraction of sp³-hybridized carbons (Fsp3) is 0.278. The Morgan fingerprint density at radius 1 is 1.04 bits per heavy atom. The number of hydrogen-bond acceptors (Lipinski definition) is 5. The minimum absolute atomic E-state index is 0.0807. The number of hydrogen-bond donors (Lipinski definition) is 1. The van der Waals surface area contributed by atoms with Gasteiger partial charge >= 0.3 is 0 Å². The van der Waals surface area contributed by atoms with Crippen molar-refractivity contribution in [3.8, 4) is 11.5 Å². The highest BCUT2D eigenvalue weighted by molar-refractivity contribution is 7.89. The van der Waals surface area contributed by atoms with E-state index in [-0.39, 0.29) is 24.0 Å². The third kappa shape index (κ3) is 4.74. The molecule has 0 saturated carbocycles. The molecule has 1 amide bonds. The minimum atomic E-state index is -3.59. The predicted molar refractivity (Wildman–Crippen MR) is 97.7 cm³/mol. The topological polar surface area (TPSA) is 84.9 Å². The van der Waals surface area contributed by atoms with Crippen LogP contribution in [0.4, 0.5) is 0 Å². The van der Waals surface area contributed by atoms with Crippen LogP contribution in [0.2, 0.25) is 0 Å². The zero-order valence-corrected chi connectivity index (χ0v) is 15.7. The summed E-state index contributed by atoms with van der Waals surface area (Å²) < 4.78 is 36.4. The van der Waals surface area contributed by atoms with E-state index in [1.165, 1.54) is 27.3 Å². The standard InChI is InChI=1S/C18H22N2O5S/c1-20(2)26(22,23)17-11-7-4-8-14(17)12-19-18(21)13-25-16-10-6-5-9-15(16)24-3/h4-11H,12-13H2,1-3H3,(H,19,21). The highest BCUT2D eigenvalue weighted by atomic mass is 32.2. The number of nitrogens with zero attached hydrogens (tertiary/aromatic N) is 1. The smallest absolute Gasteiger partial charge is 0.258 e. The fourth-order valence-electron chi connectivity index (χ4n) is 2.22. The molecular formula is C18H22N2O5S. The molecule has 0 saturated heterocycles. The van der Waals surface area contributed by atoms with Gasteiger partial charge in [-0.15, -0.1) is 0 Å². The van der Waals surface area contributed by atoms with E-state index in [9.17, 15) is 13.2 Å². The Labute approximate surface area is 153 Å². The van der Waals surface area contributed by atoms with Crippen LogP contribution in [-0.4, -0.2) is 46.4 Å². The maximum atomic E-state index is 12.4. The number of rotatable bonds is 8. The van der Waals surface area contributed by atoms with Gasteiger partial charge in [0.2, 0.25) is 10.0 Å². The Morgan fingerprint density at radius 3 is 2.31 bits per heavy atom.